The van der Waals surface area contributed by atoms with Crippen molar-refractivity contribution in [3.63, 3.8) is 0 Å². The molecule has 1 aliphatic rings. The van der Waals surface area contributed by atoms with Crippen LogP contribution in [0.15, 0.2) is 37.5 Å². The van der Waals surface area contributed by atoms with Crippen molar-refractivity contribution in [2.45, 2.75) is 11.1 Å². The molecule has 1 aromatic heterocycles. The van der Waals surface area contributed by atoms with Crippen LogP contribution < -0.4 is 14.8 Å². The second-order valence-corrected chi connectivity index (χ2v) is 8.49. The minimum atomic E-state index is -3.45. The summed E-state index contributed by atoms with van der Waals surface area (Å²) in [5, 5.41) is 22.9. The number of oxime groups is 1. The van der Waals surface area contributed by atoms with Gasteiger partial charge in [0.2, 0.25) is 5.84 Å². The Morgan fingerprint density at radius 3 is 3.00 bits per heavy atom. The predicted octanol–water partition coefficient (Wildman–Crippen LogP) is 1.12. The summed E-state index contributed by atoms with van der Waals surface area (Å²) in [6.45, 7) is 0.249. The lowest BCUT2D eigenvalue weighted by Crippen LogP contribution is -2.29. The van der Waals surface area contributed by atoms with Crippen molar-refractivity contribution in [1.82, 2.24) is 19.8 Å². The van der Waals surface area contributed by atoms with E-state index >= 15 is 0 Å². The molecule has 0 amide bonds. The van der Waals surface area contributed by atoms with E-state index in [9.17, 15) is 18.0 Å². The third-order valence-corrected chi connectivity index (χ3v) is 6.14. The molecule has 140 valence electrons. The summed E-state index contributed by atoms with van der Waals surface area (Å²) in [6.07, 6.45) is 0. The first-order chi connectivity index (χ1) is 12.4. The van der Waals surface area contributed by atoms with E-state index in [1.54, 1.807) is 0 Å². The summed E-state index contributed by atoms with van der Waals surface area (Å²) >= 11 is 4.24. The molecular formula is C12H12BrFN6O4S2. The van der Waals surface area contributed by atoms with Crippen LogP contribution in [0, 0.1) is 5.82 Å². The molecule has 0 radical (unpaired) electrons. The van der Waals surface area contributed by atoms with Crippen molar-refractivity contribution in [2.75, 3.05) is 17.6 Å². The van der Waals surface area contributed by atoms with Crippen LogP contribution in [0.3, 0.4) is 0 Å². The molecule has 0 saturated carbocycles. The molecule has 0 unspecified atom stereocenters. The highest BCUT2D eigenvalue weighted by Gasteiger charge is 2.27. The Morgan fingerprint density at radius 2 is 2.35 bits per heavy atom. The summed E-state index contributed by atoms with van der Waals surface area (Å²) in [5.74, 6) is -0.142. The van der Waals surface area contributed by atoms with Crippen LogP contribution in [0.1, 0.15) is 5.69 Å². The van der Waals surface area contributed by atoms with Gasteiger partial charge in [0, 0.05) is 24.0 Å². The van der Waals surface area contributed by atoms with Crippen molar-refractivity contribution >= 4 is 49.4 Å². The van der Waals surface area contributed by atoms with Gasteiger partial charge in [0.05, 0.1) is 4.47 Å². The number of rotatable bonds is 5. The number of halogens is 2. The van der Waals surface area contributed by atoms with Crippen LogP contribution in [0.25, 0.3) is 0 Å². The number of hydrogen-bond donors (Lipinski definition) is 4. The molecule has 2 aromatic rings. The second-order valence-electron chi connectivity index (χ2n) is 5.10. The Labute approximate surface area is 159 Å². The molecule has 3 rings (SSSR count). The van der Waals surface area contributed by atoms with Crippen molar-refractivity contribution in [3.8, 4) is 0 Å². The van der Waals surface area contributed by atoms with E-state index in [2.05, 4.69) is 50.8 Å². The number of nitrogens with zero attached hydrogens (tertiary/aromatic N) is 3. The van der Waals surface area contributed by atoms with Gasteiger partial charge in [0.15, 0.2) is 10.7 Å². The lowest BCUT2D eigenvalue weighted by Gasteiger charge is -2.08. The zero-order valence-corrected chi connectivity index (χ0v) is 16.0. The maximum atomic E-state index is 13.3. The topological polar surface area (TPSA) is 142 Å². The maximum absolute atomic E-state index is 13.3. The van der Waals surface area contributed by atoms with Gasteiger partial charge in [-0.25, -0.2) is 13.7 Å². The van der Waals surface area contributed by atoms with Crippen LogP contribution >= 0.6 is 27.7 Å². The highest BCUT2D eigenvalue weighted by Crippen LogP contribution is 2.24. The standard InChI is InChI=1S/C12H12BrFN6O4S2/c13-8-3-6(1-2-9(8)14)16-11(17-21)10-12(19-24-18-10)25-5-7-4-15-26(22,23)20-7/h1-3,7,15,20-21H,4-5H2,(H,16,17)/t7-/m1/s1. The minimum Gasteiger partial charge on any atom is -0.409 e. The fourth-order valence-corrected chi connectivity index (χ4v) is 4.56. The van der Waals surface area contributed by atoms with Crippen molar-refractivity contribution in [1.29, 1.82) is 0 Å². The number of benzene rings is 1. The Bertz CT molecular complexity index is 938. The third-order valence-electron chi connectivity index (χ3n) is 3.23. The van der Waals surface area contributed by atoms with Gasteiger partial charge in [0.25, 0.3) is 10.2 Å². The Balaban J connectivity index is 1.70. The largest absolute Gasteiger partial charge is 0.409 e. The minimum absolute atomic E-state index is 0.0580. The van der Waals surface area contributed by atoms with E-state index in [-0.39, 0.29) is 28.6 Å². The molecular weight excluding hydrogens is 455 g/mol. The normalized spacial score (nSPS) is 19.6. The van der Waals surface area contributed by atoms with E-state index in [1.165, 1.54) is 30.0 Å². The SMILES string of the molecule is O=S1(=O)NC[C@H](CSc2nonc2/C(=N/O)Nc2ccc(F)c(Br)c2)N1. The van der Waals surface area contributed by atoms with Crippen LogP contribution in [-0.2, 0) is 10.2 Å². The molecule has 1 saturated heterocycles. The fourth-order valence-electron chi connectivity index (χ4n) is 2.05. The second kappa shape index (κ2) is 7.87. The van der Waals surface area contributed by atoms with E-state index < -0.39 is 16.0 Å². The zero-order chi connectivity index (χ0) is 18.7. The van der Waals surface area contributed by atoms with Crippen molar-refractivity contribution in [2.24, 2.45) is 5.16 Å². The number of amidine groups is 1. The van der Waals surface area contributed by atoms with Gasteiger partial charge in [-0.15, -0.1) is 0 Å². The maximum Gasteiger partial charge on any atom is 0.277 e. The third kappa shape index (κ3) is 4.50. The average molecular weight is 467 g/mol. The van der Waals surface area contributed by atoms with Crippen LogP contribution in [0.2, 0.25) is 0 Å². The monoisotopic (exact) mass is 466 g/mol. The van der Waals surface area contributed by atoms with Gasteiger partial charge in [-0.1, -0.05) is 16.9 Å². The summed E-state index contributed by atoms with van der Waals surface area (Å²) in [5.41, 5.74) is 0.574. The molecule has 0 spiro atoms. The average Bonchev–Trinajstić information content (AvgIpc) is 3.20. The van der Waals surface area contributed by atoms with Gasteiger partial charge in [-0.3, -0.25) is 0 Å². The summed E-state index contributed by atoms with van der Waals surface area (Å²) < 4.78 is 45.6. The fraction of sp³-hybridized carbons (Fsp3) is 0.250. The molecule has 0 bridgehead atoms. The van der Waals surface area contributed by atoms with Gasteiger partial charge in [0.1, 0.15) is 5.82 Å². The molecule has 1 atom stereocenters. The molecule has 1 fully saturated rings. The Morgan fingerprint density at radius 1 is 1.54 bits per heavy atom. The van der Waals surface area contributed by atoms with Crippen molar-refractivity contribution < 1.29 is 22.6 Å². The summed E-state index contributed by atoms with van der Waals surface area (Å²) in [7, 11) is -3.45. The number of nitrogens with one attached hydrogen (secondary N) is 3. The number of thioether (sulfide) groups is 1. The molecule has 26 heavy (non-hydrogen) atoms. The first-order valence-electron chi connectivity index (χ1n) is 7.05. The van der Waals surface area contributed by atoms with Crippen LogP contribution in [-0.4, -0.2) is 48.1 Å². The smallest absolute Gasteiger partial charge is 0.277 e. The lowest BCUT2D eigenvalue weighted by atomic mass is 10.3. The quantitative estimate of drug-likeness (QED) is 0.169. The van der Waals surface area contributed by atoms with Crippen LogP contribution in [0.4, 0.5) is 10.1 Å². The molecule has 2 heterocycles. The summed E-state index contributed by atoms with van der Waals surface area (Å²) in [4.78, 5) is 0. The number of aromatic nitrogens is 2. The lowest BCUT2D eigenvalue weighted by molar-refractivity contribution is 0.297. The molecule has 10 nitrogen and oxygen atoms in total. The van der Waals surface area contributed by atoms with E-state index in [0.717, 1.165) is 0 Å². The van der Waals surface area contributed by atoms with Gasteiger partial charge in [-0.2, -0.15) is 13.1 Å². The number of anilines is 1. The molecule has 14 heteroatoms. The van der Waals surface area contributed by atoms with E-state index in [0.29, 0.717) is 16.5 Å². The Hall–Kier alpha value is -1.74. The van der Waals surface area contributed by atoms with E-state index in [4.69, 9.17) is 0 Å². The van der Waals surface area contributed by atoms with Gasteiger partial charge in [-0.05, 0) is 44.4 Å². The van der Waals surface area contributed by atoms with Crippen LogP contribution in [0.5, 0.6) is 0 Å². The molecule has 1 aliphatic heterocycles. The molecule has 4 N–H and O–H groups in total. The number of hydrogen-bond acceptors (Lipinski definition) is 8. The predicted molar refractivity (Wildman–Crippen MR) is 94.9 cm³/mol. The first kappa shape index (κ1) is 19.0. The zero-order valence-electron chi connectivity index (χ0n) is 12.8. The highest BCUT2D eigenvalue weighted by atomic mass is 79.9. The summed E-state index contributed by atoms with van der Waals surface area (Å²) in [6, 6.07) is 3.81. The first-order valence-corrected chi connectivity index (χ1v) is 10.3. The van der Waals surface area contributed by atoms with E-state index in [1.807, 2.05) is 0 Å². The van der Waals surface area contributed by atoms with Gasteiger partial charge >= 0.3 is 0 Å². The molecule has 1 aromatic carbocycles. The van der Waals surface area contributed by atoms with Gasteiger partial charge < -0.3 is 10.5 Å². The molecule has 0 aliphatic carbocycles. The highest BCUT2D eigenvalue weighted by molar-refractivity contribution is 9.10. The Kier molecular flexibility index (Phi) is 5.76. The van der Waals surface area contributed by atoms with Crippen molar-refractivity contribution in [3.05, 3.63) is 34.2 Å².